The van der Waals surface area contributed by atoms with Gasteiger partial charge in [-0.05, 0) is 24.6 Å². The largest absolute Gasteiger partial charge is 0.508 e. The van der Waals surface area contributed by atoms with Crippen molar-refractivity contribution in [3.8, 4) is 17.6 Å². The molecule has 1 aromatic rings. The van der Waals surface area contributed by atoms with E-state index in [0.717, 1.165) is 25.1 Å². The Morgan fingerprint density at radius 1 is 1.43 bits per heavy atom. The minimum Gasteiger partial charge on any atom is -0.508 e. The van der Waals surface area contributed by atoms with Gasteiger partial charge in [-0.15, -0.1) is 11.8 Å². The molecule has 0 aliphatic rings. The molecule has 1 rings (SSSR count). The van der Waals surface area contributed by atoms with Crippen LogP contribution in [0.2, 0.25) is 0 Å². The Morgan fingerprint density at radius 2 is 2.29 bits per heavy atom. The molecule has 0 aliphatic carbocycles. The van der Waals surface area contributed by atoms with Gasteiger partial charge in [0.1, 0.15) is 5.75 Å². The Kier molecular flexibility index (Phi) is 4.60. The summed E-state index contributed by atoms with van der Waals surface area (Å²) in [7, 11) is 0. The van der Waals surface area contributed by atoms with Crippen LogP contribution in [0, 0.1) is 11.8 Å². The highest BCUT2D eigenvalue weighted by molar-refractivity contribution is 5.26. The number of phenols is 1. The SMILES string of the molecule is CC#CCCNCc1cccc(O)c1. The molecule has 2 nitrogen and oxygen atoms in total. The maximum absolute atomic E-state index is 9.20. The van der Waals surface area contributed by atoms with E-state index in [1.165, 1.54) is 0 Å². The van der Waals surface area contributed by atoms with E-state index in [4.69, 9.17) is 0 Å². The van der Waals surface area contributed by atoms with Gasteiger partial charge in [-0.2, -0.15) is 0 Å². The molecule has 14 heavy (non-hydrogen) atoms. The van der Waals surface area contributed by atoms with Crippen LogP contribution in [0.4, 0.5) is 0 Å². The number of aromatic hydroxyl groups is 1. The third kappa shape index (κ3) is 3.97. The van der Waals surface area contributed by atoms with Crippen molar-refractivity contribution in [1.82, 2.24) is 5.32 Å². The summed E-state index contributed by atoms with van der Waals surface area (Å²) >= 11 is 0. The summed E-state index contributed by atoms with van der Waals surface area (Å²) in [6.07, 6.45) is 0.870. The fourth-order valence-electron chi connectivity index (χ4n) is 1.18. The molecule has 0 radical (unpaired) electrons. The van der Waals surface area contributed by atoms with Gasteiger partial charge >= 0.3 is 0 Å². The lowest BCUT2D eigenvalue weighted by atomic mass is 10.2. The van der Waals surface area contributed by atoms with Crippen molar-refractivity contribution in [2.24, 2.45) is 0 Å². The molecule has 0 saturated heterocycles. The molecule has 1 aromatic carbocycles. The van der Waals surface area contributed by atoms with E-state index in [1.54, 1.807) is 12.1 Å². The van der Waals surface area contributed by atoms with Gasteiger partial charge < -0.3 is 10.4 Å². The lowest BCUT2D eigenvalue weighted by molar-refractivity contribution is 0.474. The van der Waals surface area contributed by atoms with E-state index in [-0.39, 0.29) is 0 Å². The summed E-state index contributed by atoms with van der Waals surface area (Å²) in [6, 6.07) is 7.26. The minimum atomic E-state index is 0.317. The van der Waals surface area contributed by atoms with Gasteiger partial charge in [0.25, 0.3) is 0 Å². The van der Waals surface area contributed by atoms with Crippen LogP contribution >= 0.6 is 0 Å². The Balaban J connectivity index is 2.27. The lowest BCUT2D eigenvalue weighted by Gasteiger charge is -2.02. The van der Waals surface area contributed by atoms with Gasteiger partial charge in [0.05, 0.1) is 0 Å². The highest BCUT2D eigenvalue weighted by Crippen LogP contribution is 2.10. The predicted octanol–water partition coefficient (Wildman–Crippen LogP) is 1.90. The van der Waals surface area contributed by atoms with E-state index >= 15 is 0 Å². The summed E-state index contributed by atoms with van der Waals surface area (Å²) < 4.78 is 0. The molecule has 0 amide bonds. The zero-order valence-corrected chi connectivity index (χ0v) is 8.38. The molecule has 0 heterocycles. The fraction of sp³-hybridized carbons (Fsp3) is 0.333. The molecule has 0 aliphatic heterocycles. The first kappa shape index (κ1) is 10.6. The predicted molar refractivity (Wildman–Crippen MR) is 57.9 cm³/mol. The summed E-state index contributed by atoms with van der Waals surface area (Å²) in [5, 5.41) is 12.5. The molecule has 2 heteroatoms. The van der Waals surface area contributed by atoms with Crippen LogP contribution in [0.5, 0.6) is 5.75 Å². The van der Waals surface area contributed by atoms with Crippen molar-refractivity contribution >= 4 is 0 Å². The first-order valence-electron chi connectivity index (χ1n) is 4.71. The number of hydrogen-bond donors (Lipinski definition) is 2. The molecule has 0 aromatic heterocycles. The average molecular weight is 189 g/mol. The first-order chi connectivity index (χ1) is 6.83. The highest BCUT2D eigenvalue weighted by Gasteiger charge is 1.92. The third-order valence-electron chi connectivity index (χ3n) is 1.84. The highest BCUT2D eigenvalue weighted by atomic mass is 16.3. The van der Waals surface area contributed by atoms with Crippen LogP contribution in [0.25, 0.3) is 0 Å². The molecular formula is C12H15NO. The van der Waals surface area contributed by atoms with Crippen molar-refractivity contribution in [2.75, 3.05) is 6.54 Å². The first-order valence-corrected chi connectivity index (χ1v) is 4.71. The number of phenolic OH excluding ortho intramolecular Hbond substituents is 1. The van der Waals surface area contributed by atoms with E-state index < -0.39 is 0 Å². The second kappa shape index (κ2) is 6.06. The summed E-state index contributed by atoms with van der Waals surface area (Å²) in [5.41, 5.74) is 1.09. The van der Waals surface area contributed by atoms with Crippen LogP contribution < -0.4 is 5.32 Å². The van der Waals surface area contributed by atoms with E-state index in [0.29, 0.717) is 5.75 Å². The third-order valence-corrected chi connectivity index (χ3v) is 1.84. The van der Waals surface area contributed by atoms with Crippen LogP contribution in [0.3, 0.4) is 0 Å². The maximum Gasteiger partial charge on any atom is 0.115 e. The van der Waals surface area contributed by atoms with Gasteiger partial charge in [0.15, 0.2) is 0 Å². The maximum atomic E-state index is 9.20. The Labute approximate surface area is 85.0 Å². The number of rotatable bonds is 4. The smallest absolute Gasteiger partial charge is 0.115 e. The summed E-state index contributed by atoms with van der Waals surface area (Å²) in [4.78, 5) is 0. The summed E-state index contributed by atoms with van der Waals surface area (Å²) in [5.74, 6) is 6.15. The monoisotopic (exact) mass is 189 g/mol. The zero-order valence-electron chi connectivity index (χ0n) is 8.38. The topological polar surface area (TPSA) is 32.3 Å². The second-order valence-corrected chi connectivity index (χ2v) is 3.02. The Hall–Kier alpha value is -1.46. The normalized spacial score (nSPS) is 9.21. The fourth-order valence-corrected chi connectivity index (χ4v) is 1.18. The van der Waals surface area contributed by atoms with Crippen LogP contribution in [0.15, 0.2) is 24.3 Å². The number of benzene rings is 1. The molecule has 0 spiro atoms. The Bertz CT molecular complexity index is 336. The van der Waals surface area contributed by atoms with Crippen molar-refractivity contribution in [1.29, 1.82) is 0 Å². The standard InChI is InChI=1S/C12H15NO/c1-2-3-4-8-13-10-11-6-5-7-12(14)9-11/h5-7,9,13-14H,4,8,10H2,1H3. The molecule has 0 saturated carbocycles. The van der Waals surface area contributed by atoms with Crippen LogP contribution in [0.1, 0.15) is 18.9 Å². The molecule has 74 valence electrons. The summed E-state index contributed by atoms with van der Waals surface area (Å²) in [6.45, 7) is 3.51. The van der Waals surface area contributed by atoms with E-state index in [2.05, 4.69) is 17.2 Å². The second-order valence-electron chi connectivity index (χ2n) is 3.02. The van der Waals surface area contributed by atoms with Gasteiger partial charge in [-0.1, -0.05) is 12.1 Å². The van der Waals surface area contributed by atoms with Crippen molar-refractivity contribution < 1.29 is 5.11 Å². The number of hydrogen-bond acceptors (Lipinski definition) is 2. The quantitative estimate of drug-likeness (QED) is 0.560. The van der Waals surface area contributed by atoms with Gasteiger partial charge in [0.2, 0.25) is 0 Å². The van der Waals surface area contributed by atoms with Crippen molar-refractivity contribution in [3.05, 3.63) is 29.8 Å². The molecular weight excluding hydrogens is 174 g/mol. The molecule has 0 atom stereocenters. The molecule has 0 fully saturated rings. The number of nitrogens with one attached hydrogen (secondary N) is 1. The zero-order chi connectivity index (χ0) is 10.2. The van der Waals surface area contributed by atoms with Gasteiger partial charge in [-0.3, -0.25) is 0 Å². The van der Waals surface area contributed by atoms with Crippen LogP contribution in [-0.2, 0) is 6.54 Å². The Morgan fingerprint density at radius 3 is 3.00 bits per heavy atom. The van der Waals surface area contributed by atoms with Crippen LogP contribution in [-0.4, -0.2) is 11.7 Å². The van der Waals surface area contributed by atoms with E-state index in [9.17, 15) is 5.11 Å². The average Bonchev–Trinajstić information content (AvgIpc) is 2.18. The van der Waals surface area contributed by atoms with Crippen molar-refractivity contribution in [3.63, 3.8) is 0 Å². The van der Waals surface area contributed by atoms with Crippen molar-refractivity contribution in [2.45, 2.75) is 19.9 Å². The minimum absolute atomic E-state index is 0.317. The lowest BCUT2D eigenvalue weighted by Crippen LogP contribution is -2.13. The molecule has 0 bridgehead atoms. The molecule has 2 N–H and O–H groups in total. The molecule has 0 unspecified atom stereocenters. The van der Waals surface area contributed by atoms with Gasteiger partial charge in [-0.25, -0.2) is 0 Å². The van der Waals surface area contributed by atoms with Gasteiger partial charge in [0, 0.05) is 19.5 Å². The van der Waals surface area contributed by atoms with E-state index in [1.807, 2.05) is 19.1 Å².